The third-order valence-electron chi connectivity index (χ3n) is 7.61. The maximum absolute atomic E-state index is 13.3. The van der Waals surface area contributed by atoms with Gasteiger partial charge in [0, 0.05) is 23.8 Å². The molecule has 0 radical (unpaired) electrons. The summed E-state index contributed by atoms with van der Waals surface area (Å²) < 4.78 is 45.2. The zero-order chi connectivity index (χ0) is 26.2. The molecule has 2 aliphatic heterocycles. The first-order valence-corrected chi connectivity index (χ1v) is 13.2. The van der Waals surface area contributed by atoms with E-state index in [4.69, 9.17) is 4.74 Å². The van der Waals surface area contributed by atoms with Gasteiger partial charge in [0.2, 0.25) is 5.95 Å². The van der Waals surface area contributed by atoms with Crippen LogP contribution < -0.4 is 10.2 Å². The van der Waals surface area contributed by atoms with Gasteiger partial charge in [-0.15, -0.1) is 0 Å². The van der Waals surface area contributed by atoms with E-state index < -0.39 is 18.6 Å². The molecular weight excluding hydrogens is 483 g/mol. The lowest BCUT2D eigenvalue weighted by Crippen LogP contribution is -2.48. The first kappa shape index (κ1) is 25.8. The molecule has 1 atom stereocenters. The molecular formula is C27H34F3N5O2. The number of aromatic nitrogens is 2. The highest BCUT2D eigenvalue weighted by molar-refractivity contribution is 5.98. The summed E-state index contributed by atoms with van der Waals surface area (Å²) in [6.45, 7) is 4.62. The minimum absolute atomic E-state index is 0.0471. The van der Waals surface area contributed by atoms with Crippen LogP contribution in [0.25, 0.3) is 0 Å². The van der Waals surface area contributed by atoms with Gasteiger partial charge in [-0.05, 0) is 50.3 Å². The van der Waals surface area contributed by atoms with Crippen LogP contribution in [-0.4, -0.2) is 58.8 Å². The van der Waals surface area contributed by atoms with E-state index in [9.17, 15) is 18.0 Å². The Morgan fingerprint density at radius 3 is 2.51 bits per heavy atom. The summed E-state index contributed by atoms with van der Waals surface area (Å²) in [5.74, 6) is 0.933. The lowest BCUT2D eigenvalue weighted by molar-refractivity contribution is -0.143. The number of rotatable bonds is 6. The lowest BCUT2D eigenvalue weighted by atomic mass is 9.84. The molecule has 1 aromatic carbocycles. The fourth-order valence-electron chi connectivity index (χ4n) is 5.59. The zero-order valence-electron chi connectivity index (χ0n) is 21.4. The second kappa shape index (κ2) is 10.5. The van der Waals surface area contributed by atoms with Gasteiger partial charge in [0.05, 0.1) is 32.2 Å². The number of morpholine rings is 1. The van der Waals surface area contributed by atoms with Crippen molar-refractivity contribution in [2.45, 2.75) is 83.1 Å². The van der Waals surface area contributed by atoms with Crippen molar-refractivity contribution in [2.75, 3.05) is 30.0 Å². The molecule has 0 spiro atoms. The molecule has 1 saturated carbocycles. The summed E-state index contributed by atoms with van der Waals surface area (Å²) in [7, 11) is 0. The maximum Gasteiger partial charge on any atom is 0.391 e. The first-order chi connectivity index (χ1) is 17.7. The molecule has 3 heterocycles. The third-order valence-corrected chi connectivity index (χ3v) is 7.61. The van der Waals surface area contributed by atoms with Gasteiger partial charge in [0.1, 0.15) is 11.5 Å². The molecule has 1 N–H and O–H groups in total. The number of fused-ring (bicyclic) bond motifs is 1. The number of carbonyl (C=O) groups excluding carboxylic acids is 1. The fraction of sp³-hybridized carbons (Fsp3) is 0.593. The standard InChI is InChI=1S/C27H34F3N5O2/c1-17(2)35-15-22-23(25(35)36)32-26(34-12-13-37-16-21(34)14-27(28,29)30)33-24(22)31-20-10-8-19(9-11-20)18-6-4-3-5-7-18/h8-11,17-18,21H,3-7,12-16H2,1-2H3,(H,31,32,33). The van der Waals surface area contributed by atoms with Crippen LogP contribution in [0.4, 0.5) is 30.6 Å². The Kier molecular flexibility index (Phi) is 7.29. The van der Waals surface area contributed by atoms with Crippen LogP contribution in [0, 0.1) is 0 Å². The molecule has 3 aliphatic rings. The molecule has 2 fully saturated rings. The summed E-state index contributed by atoms with van der Waals surface area (Å²) in [6.07, 6.45) is 0.852. The summed E-state index contributed by atoms with van der Waals surface area (Å²) in [6, 6.07) is 7.29. The lowest BCUT2D eigenvalue weighted by Gasteiger charge is -2.36. The molecule has 200 valence electrons. The van der Waals surface area contributed by atoms with Crippen molar-refractivity contribution in [3.8, 4) is 0 Å². The second-order valence-corrected chi connectivity index (χ2v) is 10.5. The van der Waals surface area contributed by atoms with E-state index in [1.807, 2.05) is 26.0 Å². The van der Waals surface area contributed by atoms with Crippen molar-refractivity contribution >= 4 is 23.4 Å². The maximum atomic E-state index is 13.3. The summed E-state index contributed by atoms with van der Waals surface area (Å²) >= 11 is 0. The van der Waals surface area contributed by atoms with Crippen LogP contribution in [0.3, 0.4) is 0 Å². The number of anilines is 3. The monoisotopic (exact) mass is 517 g/mol. The minimum atomic E-state index is -4.36. The van der Waals surface area contributed by atoms with Crippen molar-refractivity contribution in [3.05, 3.63) is 41.1 Å². The van der Waals surface area contributed by atoms with E-state index >= 15 is 0 Å². The Morgan fingerprint density at radius 1 is 1.11 bits per heavy atom. The van der Waals surface area contributed by atoms with Crippen molar-refractivity contribution in [2.24, 2.45) is 0 Å². The van der Waals surface area contributed by atoms with Gasteiger partial charge >= 0.3 is 6.18 Å². The van der Waals surface area contributed by atoms with E-state index in [0.717, 1.165) is 5.69 Å². The Balaban J connectivity index is 1.47. The van der Waals surface area contributed by atoms with Gasteiger partial charge in [-0.3, -0.25) is 4.79 Å². The number of carbonyl (C=O) groups is 1. The summed E-state index contributed by atoms with van der Waals surface area (Å²) in [5.41, 5.74) is 3.05. The zero-order valence-corrected chi connectivity index (χ0v) is 21.4. The highest BCUT2D eigenvalue weighted by Crippen LogP contribution is 2.36. The average molecular weight is 518 g/mol. The Hall–Kier alpha value is -2.88. The van der Waals surface area contributed by atoms with E-state index in [1.165, 1.54) is 42.6 Å². The SMILES string of the molecule is CC(C)N1Cc2c(Nc3ccc(C4CCCCC4)cc3)nc(N3CCOCC3CC(F)(F)F)nc2C1=O. The number of halogens is 3. The molecule has 1 aromatic heterocycles. The average Bonchev–Trinajstić information content (AvgIpc) is 3.21. The van der Waals surface area contributed by atoms with Crippen LogP contribution in [0.2, 0.25) is 0 Å². The fourth-order valence-corrected chi connectivity index (χ4v) is 5.59. The number of benzene rings is 1. The number of nitrogens with one attached hydrogen (secondary N) is 1. The number of amides is 1. The number of hydrogen-bond donors (Lipinski definition) is 1. The van der Waals surface area contributed by atoms with Gasteiger partial charge in [0.15, 0.2) is 0 Å². The van der Waals surface area contributed by atoms with Crippen LogP contribution >= 0.6 is 0 Å². The number of alkyl halides is 3. The Morgan fingerprint density at radius 2 is 1.84 bits per heavy atom. The van der Waals surface area contributed by atoms with E-state index in [0.29, 0.717) is 23.8 Å². The van der Waals surface area contributed by atoms with Crippen molar-refractivity contribution in [1.29, 1.82) is 0 Å². The smallest absolute Gasteiger partial charge is 0.377 e. The molecule has 1 unspecified atom stereocenters. The van der Waals surface area contributed by atoms with Gasteiger partial charge in [-0.2, -0.15) is 18.2 Å². The number of ether oxygens (including phenoxy) is 1. The summed E-state index contributed by atoms with van der Waals surface area (Å²) in [4.78, 5) is 25.6. The third kappa shape index (κ3) is 5.68. The van der Waals surface area contributed by atoms with E-state index in [-0.39, 0.29) is 43.3 Å². The quantitative estimate of drug-likeness (QED) is 0.523. The van der Waals surface area contributed by atoms with E-state index in [1.54, 1.807) is 4.90 Å². The van der Waals surface area contributed by atoms with Crippen LogP contribution in [0.5, 0.6) is 0 Å². The normalized spacial score (nSPS) is 21.0. The molecule has 5 rings (SSSR count). The van der Waals surface area contributed by atoms with Crippen LogP contribution in [0.1, 0.15) is 79.9 Å². The Bertz CT molecular complexity index is 1120. The number of hydrogen-bond acceptors (Lipinski definition) is 6. The molecule has 37 heavy (non-hydrogen) atoms. The Labute approximate surface area is 215 Å². The predicted molar refractivity (Wildman–Crippen MR) is 135 cm³/mol. The second-order valence-electron chi connectivity index (χ2n) is 10.5. The largest absolute Gasteiger partial charge is 0.391 e. The molecule has 0 bridgehead atoms. The first-order valence-electron chi connectivity index (χ1n) is 13.2. The molecule has 1 amide bonds. The van der Waals surface area contributed by atoms with Crippen molar-refractivity contribution in [3.63, 3.8) is 0 Å². The van der Waals surface area contributed by atoms with Gasteiger partial charge in [0.25, 0.3) is 5.91 Å². The topological polar surface area (TPSA) is 70.6 Å². The van der Waals surface area contributed by atoms with Gasteiger partial charge in [-0.1, -0.05) is 31.4 Å². The molecule has 7 nitrogen and oxygen atoms in total. The molecule has 1 saturated heterocycles. The highest BCUT2D eigenvalue weighted by Gasteiger charge is 2.39. The molecule has 1 aliphatic carbocycles. The van der Waals surface area contributed by atoms with Crippen LogP contribution in [0.15, 0.2) is 24.3 Å². The predicted octanol–water partition coefficient (Wildman–Crippen LogP) is 5.79. The molecule has 10 heteroatoms. The minimum Gasteiger partial charge on any atom is -0.377 e. The van der Waals surface area contributed by atoms with E-state index in [2.05, 4.69) is 27.4 Å². The van der Waals surface area contributed by atoms with Gasteiger partial charge in [-0.25, -0.2) is 4.98 Å². The van der Waals surface area contributed by atoms with Crippen LogP contribution in [-0.2, 0) is 11.3 Å². The number of nitrogens with zero attached hydrogens (tertiary/aromatic N) is 4. The van der Waals surface area contributed by atoms with Crippen molar-refractivity contribution in [1.82, 2.24) is 14.9 Å². The summed E-state index contributed by atoms with van der Waals surface area (Å²) in [5, 5.41) is 3.35. The highest BCUT2D eigenvalue weighted by atomic mass is 19.4. The van der Waals surface area contributed by atoms with Gasteiger partial charge < -0.3 is 19.9 Å². The molecule has 2 aromatic rings. The van der Waals surface area contributed by atoms with Crippen molar-refractivity contribution < 1.29 is 22.7 Å².